The second-order valence-electron chi connectivity index (χ2n) is 5.75. The van der Waals surface area contributed by atoms with Crippen molar-refractivity contribution in [3.05, 3.63) is 60.2 Å². The molecule has 8 heteroatoms. The van der Waals surface area contributed by atoms with Crippen LogP contribution < -0.4 is 9.46 Å². The Bertz CT molecular complexity index is 808. The number of carboxylic acid groups (broad SMARTS) is 1. The number of carboxylic acids is 1. The van der Waals surface area contributed by atoms with Crippen LogP contribution in [0.2, 0.25) is 0 Å². The Morgan fingerprint density at radius 1 is 1.04 bits per heavy atom. The molecule has 0 aliphatic heterocycles. The van der Waals surface area contributed by atoms with Gasteiger partial charge in [-0.3, -0.25) is 0 Å². The Hall–Kier alpha value is -2.03. The van der Waals surface area contributed by atoms with Gasteiger partial charge in [0.25, 0.3) is 0 Å². The molecule has 0 saturated heterocycles. The lowest BCUT2D eigenvalue weighted by molar-refractivity contribution is -0.139. The average Bonchev–Trinajstić information content (AvgIpc) is 2.67. The van der Waals surface area contributed by atoms with Crippen molar-refractivity contribution < 1.29 is 23.1 Å². The Kier molecular flexibility index (Phi) is 8.63. The molecule has 0 atom stereocenters. The van der Waals surface area contributed by atoms with E-state index in [0.717, 1.165) is 24.2 Å². The second-order valence-corrected chi connectivity index (χ2v) is 8.74. The number of carbonyl (C=O) groups is 1. The van der Waals surface area contributed by atoms with Crippen LogP contribution in [-0.4, -0.2) is 44.2 Å². The number of benzene rings is 2. The standard InChI is InChI=1S/C19H23NO5S2/c21-19(22)15-25-17-10-8-16(9-11-17)5-4-13-26-14-12-20-27(23,24)18-6-2-1-3-7-18/h1-3,6-11,20H,4-5,12-15H2,(H,21,22). The monoisotopic (exact) mass is 409 g/mol. The van der Waals surface area contributed by atoms with E-state index in [4.69, 9.17) is 9.84 Å². The summed E-state index contributed by atoms with van der Waals surface area (Å²) in [6, 6.07) is 15.7. The van der Waals surface area contributed by atoms with Gasteiger partial charge in [0, 0.05) is 12.3 Å². The fourth-order valence-corrected chi connectivity index (χ4v) is 4.29. The van der Waals surface area contributed by atoms with Gasteiger partial charge in [-0.25, -0.2) is 17.9 Å². The van der Waals surface area contributed by atoms with Gasteiger partial charge in [-0.2, -0.15) is 11.8 Å². The number of aliphatic carboxylic acids is 1. The Balaban J connectivity index is 1.59. The average molecular weight is 410 g/mol. The molecule has 0 aliphatic rings. The zero-order valence-electron chi connectivity index (χ0n) is 14.8. The highest BCUT2D eigenvalue weighted by atomic mass is 32.2. The fraction of sp³-hybridized carbons (Fsp3) is 0.316. The lowest BCUT2D eigenvalue weighted by Crippen LogP contribution is -2.26. The molecule has 0 aromatic heterocycles. The number of hydrogen-bond donors (Lipinski definition) is 2. The van der Waals surface area contributed by atoms with Crippen molar-refractivity contribution in [1.29, 1.82) is 0 Å². The van der Waals surface area contributed by atoms with Gasteiger partial charge in [0.05, 0.1) is 4.90 Å². The van der Waals surface area contributed by atoms with E-state index in [1.807, 2.05) is 12.1 Å². The van der Waals surface area contributed by atoms with Crippen molar-refractivity contribution in [1.82, 2.24) is 4.72 Å². The summed E-state index contributed by atoms with van der Waals surface area (Å²) < 4.78 is 31.8. The molecule has 0 spiro atoms. The smallest absolute Gasteiger partial charge is 0.341 e. The van der Waals surface area contributed by atoms with Crippen LogP contribution >= 0.6 is 11.8 Å². The van der Waals surface area contributed by atoms with Gasteiger partial charge in [-0.1, -0.05) is 30.3 Å². The summed E-state index contributed by atoms with van der Waals surface area (Å²) in [7, 11) is -3.42. The minimum atomic E-state index is -3.42. The van der Waals surface area contributed by atoms with Crippen LogP contribution in [0.25, 0.3) is 0 Å². The molecule has 0 bridgehead atoms. The highest BCUT2D eigenvalue weighted by Gasteiger charge is 2.11. The van der Waals surface area contributed by atoms with Crippen LogP contribution in [0.15, 0.2) is 59.5 Å². The van der Waals surface area contributed by atoms with E-state index < -0.39 is 16.0 Å². The minimum Gasteiger partial charge on any atom is -0.482 e. The number of ether oxygens (including phenoxy) is 1. The molecule has 0 radical (unpaired) electrons. The summed E-state index contributed by atoms with van der Waals surface area (Å²) in [5.41, 5.74) is 1.16. The summed E-state index contributed by atoms with van der Waals surface area (Å²) in [4.78, 5) is 10.7. The Morgan fingerprint density at radius 2 is 1.74 bits per heavy atom. The van der Waals surface area contributed by atoms with Gasteiger partial charge in [-0.15, -0.1) is 0 Å². The fourth-order valence-electron chi connectivity index (χ4n) is 2.31. The topological polar surface area (TPSA) is 92.7 Å². The third-order valence-corrected chi connectivity index (χ3v) is 6.18. The van der Waals surface area contributed by atoms with E-state index >= 15 is 0 Å². The molecule has 2 aromatic rings. The van der Waals surface area contributed by atoms with Crippen LogP contribution in [0, 0.1) is 0 Å². The lowest BCUT2D eigenvalue weighted by atomic mass is 10.1. The molecule has 0 unspecified atom stereocenters. The molecular weight excluding hydrogens is 386 g/mol. The lowest BCUT2D eigenvalue weighted by Gasteiger charge is -2.07. The van der Waals surface area contributed by atoms with Crippen molar-refractivity contribution >= 4 is 27.8 Å². The number of thioether (sulfide) groups is 1. The highest BCUT2D eigenvalue weighted by molar-refractivity contribution is 7.99. The number of aryl methyl sites for hydroxylation is 1. The maximum atomic E-state index is 12.1. The minimum absolute atomic E-state index is 0.283. The third kappa shape index (κ3) is 8.03. The quantitative estimate of drug-likeness (QED) is 0.524. The van der Waals surface area contributed by atoms with E-state index in [1.165, 1.54) is 0 Å². The van der Waals surface area contributed by atoms with Crippen LogP contribution in [-0.2, 0) is 21.2 Å². The summed E-state index contributed by atoms with van der Waals surface area (Å²) in [5, 5.41) is 8.57. The predicted molar refractivity (Wildman–Crippen MR) is 107 cm³/mol. The van der Waals surface area contributed by atoms with Crippen LogP contribution in [0.4, 0.5) is 0 Å². The Morgan fingerprint density at radius 3 is 2.41 bits per heavy atom. The molecule has 27 heavy (non-hydrogen) atoms. The molecule has 0 saturated carbocycles. The predicted octanol–water partition coefficient (Wildman–Crippen LogP) is 2.79. The first-order chi connectivity index (χ1) is 13.0. The highest BCUT2D eigenvalue weighted by Crippen LogP contribution is 2.14. The van der Waals surface area contributed by atoms with Crippen molar-refractivity contribution in [3.63, 3.8) is 0 Å². The molecule has 6 nitrogen and oxygen atoms in total. The SMILES string of the molecule is O=C(O)COc1ccc(CCCSCCNS(=O)(=O)c2ccccc2)cc1. The molecule has 146 valence electrons. The second kappa shape index (κ2) is 11.0. The van der Waals surface area contributed by atoms with E-state index in [1.54, 1.807) is 54.2 Å². The summed E-state index contributed by atoms with van der Waals surface area (Å²) >= 11 is 1.71. The molecular formula is C19H23NO5S2. The molecule has 0 amide bonds. The van der Waals surface area contributed by atoms with Gasteiger partial charge in [0.2, 0.25) is 10.0 Å². The molecule has 0 heterocycles. The molecule has 2 N–H and O–H groups in total. The first kappa shape index (κ1) is 21.3. The van der Waals surface area contributed by atoms with Gasteiger partial charge >= 0.3 is 5.97 Å². The normalized spacial score (nSPS) is 11.3. The van der Waals surface area contributed by atoms with Gasteiger partial charge in [0.1, 0.15) is 5.75 Å². The Labute approximate surface area is 164 Å². The van der Waals surface area contributed by atoms with Crippen molar-refractivity contribution in [3.8, 4) is 5.75 Å². The van der Waals surface area contributed by atoms with Crippen molar-refractivity contribution in [2.75, 3.05) is 24.7 Å². The van der Waals surface area contributed by atoms with Crippen molar-refractivity contribution in [2.45, 2.75) is 17.7 Å². The first-order valence-corrected chi connectivity index (χ1v) is 11.2. The van der Waals surface area contributed by atoms with Gasteiger partial charge in [0.15, 0.2) is 6.61 Å². The number of nitrogens with one attached hydrogen (secondary N) is 1. The van der Waals surface area contributed by atoms with Crippen molar-refractivity contribution in [2.24, 2.45) is 0 Å². The number of hydrogen-bond acceptors (Lipinski definition) is 5. The molecule has 2 aromatic carbocycles. The maximum absolute atomic E-state index is 12.1. The number of rotatable bonds is 12. The summed E-state index contributed by atoms with van der Waals surface area (Å²) in [6.45, 7) is 0.0571. The number of sulfonamides is 1. The van der Waals surface area contributed by atoms with E-state index in [0.29, 0.717) is 18.0 Å². The van der Waals surface area contributed by atoms with E-state index in [-0.39, 0.29) is 11.5 Å². The summed E-state index contributed by atoms with van der Waals surface area (Å²) in [5.74, 6) is 1.20. The molecule has 0 fully saturated rings. The van der Waals surface area contributed by atoms with Crippen LogP contribution in [0.1, 0.15) is 12.0 Å². The zero-order chi connectivity index (χ0) is 19.5. The largest absolute Gasteiger partial charge is 0.482 e. The van der Waals surface area contributed by atoms with E-state index in [9.17, 15) is 13.2 Å². The van der Waals surface area contributed by atoms with Crippen LogP contribution in [0.3, 0.4) is 0 Å². The zero-order valence-corrected chi connectivity index (χ0v) is 16.5. The van der Waals surface area contributed by atoms with Gasteiger partial charge < -0.3 is 9.84 Å². The summed E-state index contributed by atoms with van der Waals surface area (Å²) in [6.07, 6.45) is 1.88. The first-order valence-electron chi connectivity index (χ1n) is 8.53. The maximum Gasteiger partial charge on any atom is 0.341 e. The van der Waals surface area contributed by atoms with Crippen LogP contribution in [0.5, 0.6) is 5.75 Å². The molecule has 0 aliphatic carbocycles. The van der Waals surface area contributed by atoms with Gasteiger partial charge in [-0.05, 0) is 48.4 Å². The van der Waals surface area contributed by atoms with E-state index in [2.05, 4.69) is 4.72 Å². The molecule has 2 rings (SSSR count). The third-order valence-electron chi connectivity index (χ3n) is 3.63.